The van der Waals surface area contributed by atoms with Crippen LogP contribution in [0.3, 0.4) is 0 Å². The first-order chi connectivity index (χ1) is 13.7. The molecule has 1 aliphatic carbocycles. The molecule has 1 aliphatic rings. The van der Waals surface area contributed by atoms with Crippen molar-refractivity contribution in [2.75, 3.05) is 11.9 Å². The molecule has 0 atom stereocenters. The highest BCUT2D eigenvalue weighted by Crippen LogP contribution is 2.30. The van der Waals surface area contributed by atoms with Crippen LogP contribution in [-0.4, -0.2) is 37.7 Å². The van der Waals surface area contributed by atoms with Crippen LogP contribution in [0.4, 0.5) is 5.82 Å². The second-order valence-electron chi connectivity index (χ2n) is 6.84. The number of amides is 2. The van der Waals surface area contributed by atoms with E-state index in [2.05, 4.69) is 20.7 Å². The van der Waals surface area contributed by atoms with Crippen molar-refractivity contribution in [3.05, 3.63) is 60.8 Å². The monoisotopic (exact) mass is 378 g/mol. The van der Waals surface area contributed by atoms with Crippen molar-refractivity contribution in [3.8, 4) is 5.69 Å². The summed E-state index contributed by atoms with van der Waals surface area (Å²) in [6.07, 6.45) is 7.97. The molecule has 2 heterocycles. The molecule has 4 rings (SSSR count). The lowest BCUT2D eigenvalue weighted by atomic mass is 10.3. The number of nitrogens with one attached hydrogen (secondary N) is 2. The van der Waals surface area contributed by atoms with Gasteiger partial charge in [-0.3, -0.25) is 9.59 Å². The largest absolute Gasteiger partial charge is 0.351 e. The van der Waals surface area contributed by atoms with E-state index in [0.29, 0.717) is 12.4 Å². The Morgan fingerprint density at radius 3 is 2.71 bits per heavy atom. The Morgan fingerprint density at radius 1 is 1.18 bits per heavy atom. The smallest absolute Gasteiger partial charge is 0.271 e. The summed E-state index contributed by atoms with van der Waals surface area (Å²) in [7, 11) is 0. The minimum Gasteiger partial charge on any atom is -0.351 e. The zero-order valence-electron chi connectivity index (χ0n) is 15.4. The van der Waals surface area contributed by atoms with Gasteiger partial charge in [0, 0.05) is 37.5 Å². The standard InChI is InChI=1S/C20H22N6O2/c27-19(15-7-8-15)23-18-13-17(24-26(18)16-5-2-1-3-6-16)20(28)22-9-4-11-25-12-10-21-14-25/h1-3,5-6,10,12-15H,4,7-9,11H2,(H,22,28)(H,23,27). The van der Waals surface area contributed by atoms with Gasteiger partial charge in [-0.25, -0.2) is 9.67 Å². The van der Waals surface area contributed by atoms with E-state index in [0.717, 1.165) is 31.5 Å². The third-order valence-corrected chi connectivity index (χ3v) is 4.58. The summed E-state index contributed by atoms with van der Waals surface area (Å²) in [5.41, 5.74) is 1.06. The van der Waals surface area contributed by atoms with Crippen molar-refractivity contribution in [2.24, 2.45) is 5.92 Å². The molecule has 0 saturated heterocycles. The summed E-state index contributed by atoms with van der Waals surface area (Å²) in [6.45, 7) is 1.31. The number of carbonyl (C=O) groups is 2. The van der Waals surface area contributed by atoms with Gasteiger partial charge < -0.3 is 15.2 Å². The van der Waals surface area contributed by atoms with Gasteiger partial charge in [0.2, 0.25) is 5.91 Å². The second kappa shape index (κ2) is 8.08. The van der Waals surface area contributed by atoms with Crippen molar-refractivity contribution < 1.29 is 9.59 Å². The average molecular weight is 378 g/mol. The maximum atomic E-state index is 12.5. The van der Waals surface area contributed by atoms with Gasteiger partial charge in [-0.2, -0.15) is 5.10 Å². The fraction of sp³-hybridized carbons (Fsp3) is 0.300. The van der Waals surface area contributed by atoms with E-state index < -0.39 is 0 Å². The zero-order chi connectivity index (χ0) is 19.3. The first-order valence-corrected chi connectivity index (χ1v) is 9.41. The number of rotatable bonds is 8. The van der Waals surface area contributed by atoms with Crippen LogP contribution >= 0.6 is 0 Å². The minimum absolute atomic E-state index is 0.0237. The second-order valence-corrected chi connectivity index (χ2v) is 6.84. The Bertz CT molecular complexity index is 945. The van der Waals surface area contributed by atoms with Crippen LogP contribution in [0.25, 0.3) is 5.69 Å². The number of aryl methyl sites for hydroxylation is 1. The molecule has 0 radical (unpaired) electrons. The summed E-state index contributed by atoms with van der Waals surface area (Å²) < 4.78 is 3.56. The van der Waals surface area contributed by atoms with Crippen molar-refractivity contribution in [1.29, 1.82) is 0 Å². The van der Waals surface area contributed by atoms with Gasteiger partial charge in [0.05, 0.1) is 12.0 Å². The van der Waals surface area contributed by atoms with Gasteiger partial charge in [-0.15, -0.1) is 0 Å². The van der Waals surface area contributed by atoms with Crippen LogP contribution in [0.2, 0.25) is 0 Å². The number of aromatic nitrogens is 4. The Kier molecular flexibility index (Phi) is 5.18. The third kappa shape index (κ3) is 4.28. The SMILES string of the molecule is O=C(NCCCn1ccnc1)c1cc(NC(=O)C2CC2)n(-c2ccccc2)n1. The fourth-order valence-electron chi connectivity index (χ4n) is 2.89. The van der Waals surface area contributed by atoms with Crippen LogP contribution in [-0.2, 0) is 11.3 Å². The normalized spacial score (nSPS) is 13.3. The summed E-state index contributed by atoms with van der Waals surface area (Å²) in [5.74, 6) is 0.290. The van der Waals surface area contributed by atoms with Crippen LogP contribution < -0.4 is 10.6 Å². The van der Waals surface area contributed by atoms with Gasteiger partial charge in [0.1, 0.15) is 5.82 Å². The molecule has 28 heavy (non-hydrogen) atoms. The van der Waals surface area contributed by atoms with E-state index in [9.17, 15) is 9.59 Å². The number of imidazole rings is 1. The molecule has 3 aromatic rings. The molecule has 0 bridgehead atoms. The lowest BCUT2D eigenvalue weighted by Crippen LogP contribution is -2.25. The van der Waals surface area contributed by atoms with E-state index in [1.54, 1.807) is 23.3 Å². The molecule has 1 saturated carbocycles. The number of hydrogen-bond donors (Lipinski definition) is 2. The minimum atomic E-state index is -0.262. The number of benzene rings is 1. The van der Waals surface area contributed by atoms with E-state index in [1.807, 2.05) is 41.1 Å². The van der Waals surface area contributed by atoms with E-state index in [1.165, 1.54) is 0 Å². The molecular weight excluding hydrogens is 356 g/mol. The predicted octanol–water partition coefficient (Wildman–Crippen LogP) is 2.24. The van der Waals surface area contributed by atoms with E-state index in [4.69, 9.17) is 0 Å². The van der Waals surface area contributed by atoms with Crippen LogP contribution in [0.1, 0.15) is 29.8 Å². The maximum absolute atomic E-state index is 12.5. The lowest BCUT2D eigenvalue weighted by molar-refractivity contribution is -0.117. The van der Waals surface area contributed by atoms with Gasteiger partial charge in [-0.1, -0.05) is 18.2 Å². The van der Waals surface area contributed by atoms with Crippen molar-refractivity contribution in [2.45, 2.75) is 25.8 Å². The number of hydrogen-bond acceptors (Lipinski definition) is 4. The van der Waals surface area contributed by atoms with Crippen LogP contribution in [0, 0.1) is 5.92 Å². The molecule has 0 unspecified atom stereocenters. The summed E-state index contributed by atoms with van der Waals surface area (Å²) in [6, 6.07) is 11.1. The van der Waals surface area contributed by atoms with Gasteiger partial charge in [0.15, 0.2) is 5.69 Å². The predicted molar refractivity (Wildman–Crippen MR) is 104 cm³/mol. The molecule has 1 aromatic carbocycles. The van der Waals surface area contributed by atoms with Gasteiger partial charge in [-0.05, 0) is 31.4 Å². The zero-order valence-corrected chi connectivity index (χ0v) is 15.4. The van der Waals surface area contributed by atoms with Gasteiger partial charge >= 0.3 is 0 Å². The highest BCUT2D eigenvalue weighted by atomic mass is 16.2. The maximum Gasteiger partial charge on any atom is 0.271 e. The summed E-state index contributed by atoms with van der Waals surface area (Å²) in [5, 5.41) is 10.2. The molecule has 2 N–H and O–H groups in total. The molecule has 2 aromatic heterocycles. The number of anilines is 1. The van der Waals surface area contributed by atoms with Gasteiger partial charge in [0.25, 0.3) is 5.91 Å². The lowest BCUT2D eigenvalue weighted by Gasteiger charge is -2.08. The molecular formula is C20H22N6O2. The van der Waals surface area contributed by atoms with E-state index in [-0.39, 0.29) is 23.4 Å². The Labute approximate surface area is 162 Å². The van der Waals surface area contributed by atoms with Crippen LogP contribution in [0.5, 0.6) is 0 Å². The van der Waals surface area contributed by atoms with Crippen molar-refractivity contribution in [3.63, 3.8) is 0 Å². The first kappa shape index (κ1) is 18.0. The quantitative estimate of drug-likeness (QED) is 0.588. The molecule has 1 fully saturated rings. The number of nitrogens with zero attached hydrogens (tertiary/aromatic N) is 4. The van der Waals surface area contributed by atoms with E-state index >= 15 is 0 Å². The average Bonchev–Trinajstić information content (AvgIpc) is 3.28. The van der Waals surface area contributed by atoms with Crippen molar-refractivity contribution >= 4 is 17.6 Å². The Balaban J connectivity index is 1.44. The van der Waals surface area contributed by atoms with Crippen molar-refractivity contribution in [1.82, 2.24) is 24.6 Å². The first-order valence-electron chi connectivity index (χ1n) is 9.41. The molecule has 8 nitrogen and oxygen atoms in total. The highest BCUT2D eigenvalue weighted by Gasteiger charge is 2.30. The molecule has 144 valence electrons. The summed E-state index contributed by atoms with van der Waals surface area (Å²) >= 11 is 0. The fourth-order valence-corrected chi connectivity index (χ4v) is 2.89. The number of para-hydroxylation sites is 1. The van der Waals surface area contributed by atoms with Crippen LogP contribution in [0.15, 0.2) is 55.1 Å². The third-order valence-electron chi connectivity index (χ3n) is 4.58. The molecule has 0 spiro atoms. The molecule has 8 heteroatoms. The Morgan fingerprint density at radius 2 is 2.00 bits per heavy atom. The highest BCUT2D eigenvalue weighted by molar-refractivity contribution is 5.97. The molecule has 2 amide bonds. The topological polar surface area (TPSA) is 93.8 Å². The molecule has 0 aliphatic heterocycles. The number of carbonyl (C=O) groups excluding carboxylic acids is 2. The Hall–Kier alpha value is -3.42. The summed E-state index contributed by atoms with van der Waals surface area (Å²) in [4.78, 5) is 28.7.